The van der Waals surface area contributed by atoms with Gasteiger partial charge >= 0.3 is 11.6 Å². The van der Waals surface area contributed by atoms with E-state index in [9.17, 15) is 14.7 Å². The number of ether oxygens (including phenoxy) is 1. The molecule has 3 atom stereocenters. The number of benzene rings is 1. The molecule has 162 valence electrons. The zero-order valence-corrected chi connectivity index (χ0v) is 18.4. The van der Waals surface area contributed by atoms with Gasteiger partial charge in [0.15, 0.2) is 0 Å². The summed E-state index contributed by atoms with van der Waals surface area (Å²) in [7, 11) is 0. The zero-order chi connectivity index (χ0) is 21.9. The van der Waals surface area contributed by atoms with E-state index < -0.39 is 5.97 Å². The largest absolute Gasteiger partial charge is 0.493 e. The highest BCUT2D eigenvalue weighted by Crippen LogP contribution is 2.52. The Morgan fingerprint density at radius 3 is 2.70 bits per heavy atom. The molecule has 1 heterocycles. The number of allylic oxidation sites excluding steroid dienone is 2. The van der Waals surface area contributed by atoms with Gasteiger partial charge in [-0.25, -0.2) is 4.79 Å². The van der Waals surface area contributed by atoms with E-state index in [1.807, 2.05) is 12.1 Å². The van der Waals surface area contributed by atoms with Crippen molar-refractivity contribution in [3.05, 3.63) is 51.9 Å². The molecule has 1 aliphatic rings. The van der Waals surface area contributed by atoms with E-state index >= 15 is 0 Å². The van der Waals surface area contributed by atoms with Crippen molar-refractivity contribution in [3.8, 4) is 5.75 Å². The molecule has 5 heteroatoms. The molecule has 0 spiro atoms. The van der Waals surface area contributed by atoms with Crippen LogP contribution in [-0.2, 0) is 4.79 Å². The fraction of sp³-hybridized carbons (Fsp3) is 0.520. The van der Waals surface area contributed by atoms with Gasteiger partial charge in [0.2, 0.25) is 0 Å². The second kappa shape index (κ2) is 9.07. The van der Waals surface area contributed by atoms with Crippen molar-refractivity contribution < 1.29 is 19.1 Å². The van der Waals surface area contributed by atoms with Crippen LogP contribution in [0.5, 0.6) is 5.75 Å². The first-order valence-electron chi connectivity index (χ1n) is 10.8. The molecule has 1 aromatic heterocycles. The molecule has 2 aromatic rings. The molecular weight excluding hydrogens is 380 g/mol. The number of hydrogen-bond acceptors (Lipinski definition) is 4. The van der Waals surface area contributed by atoms with E-state index in [4.69, 9.17) is 9.15 Å². The van der Waals surface area contributed by atoms with E-state index in [-0.39, 0.29) is 23.4 Å². The number of aliphatic carboxylic acids is 1. The van der Waals surface area contributed by atoms with E-state index in [0.717, 1.165) is 24.6 Å². The van der Waals surface area contributed by atoms with Crippen molar-refractivity contribution in [3.63, 3.8) is 0 Å². The second-order valence-corrected chi connectivity index (χ2v) is 9.01. The standard InChI is InChI=1S/C25H32O5/c1-16(2)20-9-5-17(3)25(4,21(20)10-11-23(26)27)13-14-29-19-8-6-18-7-12-24(28)30-22(18)15-19/h6-8,12,15,17,21H,5,9-11,13-14H2,1-4H3,(H,26,27)/t17-,21-,25+/m0/s1. The van der Waals surface area contributed by atoms with Gasteiger partial charge in [-0.05, 0) is 75.0 Å². The number of carbonyl (C=O) groups is 1. The third kappa shape index (κ3) is 4.77. The molecule has 1 aromatic carbocycles. The van der Waals surface area contributed by atoms with Gasteiger partial charge in [-0.1, -0.05) is 25.0 Å². The number of carboxylic acids is 1. The highest BCUT2D eigenvalue weighted by Gasteiger charge is 2.44. The fourth-order valence-electron chi connectivity index (χ4n) is 4.93. The smallest absolute Gasteiger partial charge is 0.336 e. The van der Waals surface area contributed by atoms with Crippen LogP contribution in [0.3, 0.4) is 0 Å². The lowest BCUT2D eigenvalue weighted by Gasteiger charge is -2.48. The Hall–Kier alpha value is -2.56. The maximum atomic E-state index is 11.5. The molecule has 3 rings (SSSR count). The summed E-state index contributed by atoms with van der Waals surface area (Å²) in [5.74, 6) is 0.671. The third-order valence-corrected chi connectivity index (χ3v) is 6.98. The van der Waals surface area contributed by atoms with Crippen LogP contribution in [-0.4, -0.2) is 17.7 Å². The maximum Gasteiger partial charge on any atom is 0.336 e. The summed E-state index contributed by atoms with van der Waals surface area (Å²) in [5, 5.41) is 10.1. The SMILES string of the molecule is CC(C)=C1CC[C@H](C)[C@@](C)(CCOc2ccc3ccc(=O)oc3c2)[C@H]1CCC(=O)O. The number of fused-ring (bicyclic) bond motifs is 1. The van der Waals surface area contributed by atoms with Gasteiger partial charge in [-0.2, -0.15) is 0 Å². The molecule has 5 nitrogen and oxygen atoms in total. The van der Waals surface area contributed by atoms with Gasteiger partial charge in [0.1, 0.15) is 11.3 Å². The number of rotatable bonds is 7. The summed E-state index contributed by atoms with van der Waals surface area (Å²) in [4.78, 5) is 22.7. The quantitative estimate of drug-likeness (QED) is 0.458. The molecule has 1 aliphatic carbocycles. The predicted molar refractivity (Wildman–Crippen MR) is 118 cm³/mol. The average Bonchev–Trinajstić information content (AvgIpc) is 2.68. The Kier molecular flexibility index (Phi) is 6.69. The van der Waals surface area contributed by atoms with E-state index in [1.54, 1.807) is 12.1 Å². The molecule has 1 saturated carbocycles. The highest BCUT2D eigenvalue weighted by atomic mass is 16.5. The van der Waals surface area contributed by atoms with Crippen LogP contribution in [0.4, 0.5) is 0 Å². The van der Waals surface area contributed by atoms with Crippen LogP contribution >= 0.6 is 0 Å². The van der Waals surface area contributed by atoms with Crippen LogP contribution in [0.2, 0.25) is 0 Å². The highest BCUT2D eigenvalue weighted by molar-refractivity contribution is 5.77. The van der Waals surface area contributed by atoms with Gasteiger partial charge in [0.25, 0.3) is 0 Å². The fourth-order valence-corrected chi connectivity index (χ4v) is 4.93. The summed E-state index contributed by atoms with van der Waals surface area (Å²) in [5.41, 5.74) is 2.85. The summed E-state index contributed by atoms with van der Waals surface area (Å²) >= 11 is 0. The van der Waals surface area contributed by atoms with Crippen LogP contribution in [0, 0.1) is 17.3 Å². The molecule has 1 N–H and O–H groups in total. The van der Waals surface area contributed by atoms with Crippen molar-refractivity contribution in [2.45, 2.75) is 59.8 Å². The van der Waals surface area contributed by atoms with E-state index in [0.29, 0.717) is 30.3 Å². The van der Waals surface area contributed by atoms with Crippen LogP contribution in [0.15, 0.2) is 50.7 Å². The van der Waals surface area contributed by atoms with E-state index in [1.165, 1.54) is 17.2 Å². The number of hydrogen-bond donors (Lipinski definition) is 1. The molecule has 0 unspecified atom stereocenters. The molecular formula is C25H32O5. The normalized spacial score (nSPS) is 24.1. The van der Waals surface area contributed by atoms with Crippen LogP contribution < -0.4 is 10.4 Å². The summed E-state index contributed by atoms with van der Waals surface area (Å²) < 4.78 is 11.3. The van der Waals surface area contributed by atoms with Crippen molar-refractivity contribution in [2.75, 3.05) is 6.61 Å². The molecule has 30 heavy (non-hydrogen) atoms. The first-order valence-corrected chi connectivity index (χ1v) is 10.8. The van der Waals surface area contributed by atoms with Gasteiger partial charge in [-0.15, -0.1) is 0 Å². The Labute approximate surface area is 177 Å². The van der Waals surface area contributed by atoms with Crippen LogP contribution in [0.1, 0.15) is 59.8 Å². The first kappa shape index (κ1) is 22.1. The maximum absolute atomic E-state index is 11.5. The third-order valence-electron chi connectivity index (χ3n) is 6.98. The van der Waals surface area contributed by atoms with Gasteiger partial charge in [0.05, 0.1) is 6.61 Å². The average molecular weight is 413 g/mol. The van der Waals surface area contributed by atoms with Crippen molar-refractivity contribution in [2.24, 2.45) is 17.3 Å². The topological polar surface area (TPSA) is 76.7 Å². The van der Waals surface area contributed by atoms with E-state index in [2.05, 4.69) is 27.7 Å². The Morgan fingerprint density at radius 1 is 1.27 bits per heavy atom. The Morgan fingerprint density at radius 2 is 2.00 bits per heavy atom. The Bertz CT molecular complexity index is 998. The molecule has 0 radical (unpaired) electrons. The lowest BCUT2D eigenvalue weighted by Crippen LogP contribution is -2.41. The lowest BCUT2D eigenvalue weighted by atomic mass is 9.57. The molecule has 0 amide bonds. The van der Waals surface area contributed by atoms with Crippen molar-refractivity contribution in [1.82, 2.24) is 0 Å². The molecule has 0 aliphatic heterocycles. The first-order chi connectivity index (χ1) is 14.2. The van der Waals surface area contributed by atoms with Crippen molar-refractivity contribution >= 4 is 16.9 Å². The van der Waals surface area contributed by atoms with Crippen LogP contribution in [0.25, 0.3) is 11.0 Å². The summed E-state index contributed by atoms with van der Waals surface area (Å²) in [6, 6.07) is 8.68. The minimum atomic E-state index is -0.738. The zero-order valence-electron chi connectivity index (χ0n) is 18.4. The lowest BCUT2D eigenvalue weighted by molar-refractivity contribution is -0.137. The molecule has 0 saturated heterocycles. The molecule has 0 bridgehead atoms. The number of carboxylic acid groups (broad SMARTS) is 1. The van der Waals surface area contributed by atoms with Gasteiger partial charge < -0.3 is 14.3 Å². The van der Waals surface area contributed by atoms with Gasteiger partial charge in [-0.3, -0.25) is 4.79 Å². The van der Waals surface area contributed by atoms with Crippen molar-refractivity contribution in [1.29, 1.82) is 0 Å². The second-order valence-electron chi connectivity index (χ2n) is 9.01. The molecule has 1 fully saturated rings. The monoisotopic (exact) mass is 412 g/mol. The Balaban J connectivity index is 1.77. The minimum Gasteiger partial charge on any atom is -0.493 e. The minimum absolute atomic E-state index is 0.0241. The summed E-state index contributed by atoms with van der Waals surface area (Å²) in [6.07, 6.45) is 3.85. The predicted octanol–water partition coefficient (Wildman–Crippen LogP) is 5.82. The summed E-state index contributed by atoms with van der Waals surface area (Å²) in [6.45, 7) is 9.37. The van der Waals surface area contributed by atoms with Gasteiger partial charge in [0, 0.05) is 23.9 Å².